The highest BCUT2D eigenvalue weighted by Crippen LogP contribution is 2.16. The Morgan fingerprint density at radius 3 is 2.35 bits per heavy atom. The molecule has 3 aromatic rings. The van der Waals surface area contributed by atoms with Crippen LogP contribution in [-0.2, 0) is 22.5 Å². The van der Waals surface area contributed by atoms with E-state index in [1.54, 1.807) is 42.5 Å². The second-order valence-electron chi connectivity index (χ2n) is 6.49. The lowest BCUT2D eigenvalue weighted by Gasteiger charge is -2.08. The Bertz CT molecular complexity index is 1020. The van der Waals surface area contributed by atoms with Gasteiger partial charge >= 0.3 is 6.16 Å². The van der Waals surface area contributed by atoms with E-state index >= 15 is 0 Å². The minimum absolute atomic E-state index is 0.0322. The number of carbonyl (C=O) groups excluding carboxylic acids is 3. The lowest BCUT2D eigenvalue weighted by molar-refractivity contribution is -0.120. The standard InChI is InChI=1S/C23H22N2O5S/c1-2-29-23(28)30-19-11-7-17(8-12-19)22(27)25-18-9-5-16(6-10-18)15-24-21(26)14-20-4-3-13-31-20/h3-13H,2,14-15H2,1H3,(H,24,26)(H,25,27). The Morgan fingerprint density at radius 2 is 1.71 bits per heavy atom. The highest BCUT2D eigenvalue weighted by Gasteiger charge is 2.09. The van der Waals surface area contributed by atoms with E-state index < -0.39 is 6.16 Å². The fourth-order valence-electron chi connectivity index (χ4n) is 2.66. The van der Waals surface area contributed by atoms with Crippen LogP contribution < -0.4 is 15.4 Å². The summed E-state index contributed by atoms with van der Waals surface area (Å²) in [7, 11) is 0. The first-order chi connectivity index (χ1) is 15.0. The van der Waals surface area contributed by atoms with Gasteiger partial charge in [-0.05, 0) is 60.3 Å². The molecule has 0 aliphatic rings. The molecule has 0 fully saturated rings. The summed E-state index contributed by atoms with van der Waals surface area (Å²) in [6.45, 7) is 2.32. The van der Waals surface area contributed by atoms with Gasteiger partial charge in [0, 0.05) is 22.7 Å². The van der Waals surface area contributed by atoms with Gasteiger partial charge in [-0.1, -0.05) is 18.2 Å². The van der Waals surface area contributed by atoms with Crippen LogP contribution in [0.2, 0.25) is 0 Å². The lowest BCUT2D eigenvalue weighted by atomic mass is 10.1. The molecule has 0 radical (unpaired) electrons. The minimum atomic E-state index is -0.789. The number of benzene rings is 2. The van der Waals surface area contributed by atoms with E-state index in [2.05, 4.69) is 10.6 Å². The van der Waals surface area contributed by atoms with Crippen molar-refractivity contribution in [1.29, 1.82) is 0 Å². The van der Waals surface area contributed by atoms with Crippen LogP contribution in [0, 0.1) is 0 Å². The second kappa shape index (κ2) is 10.9. The molecule has 3 rings (SSSR count). The van der Waals surface area contributed by atoms with Gasteiger partial charge in [-0.2, -0.15) is 0 Å². The van der Waals surface area contributed by atoms with E-state index in [9.17, 15) is 14.4 Å². The average molecular weight is 439 g/mol. The molecule has 0 unspecified atom stereocenters. The zero-order chi connectivity index (χ0) is 22.1. The molecule has 2 aromatic carbocycles. The van der Waals surface area contributed by atoms with Crippen LogP contribution in [-0.4, -0.2) is 24.6 Å². The van der Waals surface area contributed by atoms with Crippen LogP contribution in [0.3, 0.4) is 0 Å². The Hall–Kier alpha value is -3.65. The van der Waals surface area contributed by atoms with Crippen LogP contribution in [0.25, 0.3) is 0 Å². The van der Waals surface area contributed by atoms with Crippen LogP contribution in [0.5, 0.6) is 5.75 Å². The minimum Gasteiger partial charge on any atom is -0.434 e. The van der Waals surface area contributed by atoms with Crippen molar-refractivity contribution in [2.75, 3.05) is 11.9 Å². The van der Waals surface area contributed by atoms with E-state index in [1.165, 1.54) is 12.1 Å². The van der Waals surface area contributed by atoms with Crippen molar-refractivity contribution in [2.45, 2.75) is 19.9 Å². The molecule has 0 bridgehead atoms. The molecule has 2 amide bonds. The molecule has 8 heteroatoms. The molecule has 7 nitrogen and oxygen atoms in total. The normalized spacial score (nSPS) is 10.2. The number of ether oxygens (including phenoxy) is 2. The Labute approximate surface area is 184 Å². The third kappa shape index (κ3) is 6.97. The SMILES string of the molecule is CCOC(=O)Oc1ccc(C(=O)Nc2ccc(CNC(=O)Cc3cccs3)cc2)cc1. The van der Waals surface area contributed by atoms with Gasteiger partial charge < -0.3 is 20.1 Å². The third-order valence-electron chi connectivity index (χ3n) is 4.20. The number of amides is 2. The maximum absolute atomic E-state index is 12.4. The molecule has 2 N–H and O–H groups in total. The van der Waals surface area contributed by atoms with Gasteiger partial charge in [0.1, 0.15) is 5.75 Å². The van der Waals surface area contributed by atoms with Crippen LogP contribution in [0.4, 0.5) is 10.5 Å². The second-order valence-corrected chi connectivity index (χ2v) is 7.53. The number of carbonyl (C=O) groups is 3. The maximum atomic E-state index is 12.4. The van der Waals surface area contributed by atoms with E-state index in [-0.39, 0.29) is 18.4 Å². The summed E-state index contributed by atoms with van der Waals surface area (Å²) in [5, 5.41) is 7.63. The van der Waals surface area contributed by atoms with Gasteiger partial charge in [0.2, 0.25) is 5.91 Å². The molecule has 1 aromatic heterocycles. The predicted molar refractivity (Wildman–Crippen MR) is 118 cm³/mol. The van der Waals surface area contributed by atoms with Crippen LogP contribution >= 0.6 is 11.3 Å². The zero-order valence-corrected chi connectivity index (χ0v) is 17.7. The first kappa shape index (κ1) is 22.0. The highest BCUT2D eigenvalue weighted by atomic mass is 32.1. The van der Waals surface area contributed by atoms with Gasteiger partial charge in [-0.3, -0.25) is 9.59 Å². The smallest absolute Gasteiger partial charge is 0.434 e. The third-order valence-corrected chi connectivity index (χ3v) is 5.07. The van der Waals surface area contributed by atoms with E-state index in [4.69, 9.17) is 9.47 Å². The lowest BCUT2D eigenvalue weighted by Crippen LogP contribution is -2.24. The largest absolute Gasteiger partial charge is 0.513 e. The van der Waals surface area contributed by atoms with Crippen molar-refractivity contribution in [3.8, 4) is 5.75 Å². The van der Waals surface area contributed by atoms with E-state index in [0.717, 1.165) is 10.4 Å². The first-order valence-electron chi connectivity index (χ1n) is 9.67. The first-order valence-corrected chi connectivity index (χ1v) is 10.6. The Morgan fingerprint density at radius 1 is 0.968 bits per heavy atom. The Balaban J connectivity index is 1.48. The van der Waals surface area contributed by atoms with Gasteiger partial charge in [0.15, 0.2) is 0 Å². The number of hydrogen-bond acceptors (Lipinski definition) is 6. The molecule has 0 aliphatic heterocycles. The van der Waals surface area contributed by atoms with Gasteiger partial charge in [0.25, 0.3) is 5.91 Å². The summed E-state index contributed by atoms with van der Waals surface area (Å²) < 4.78 is 9.67. The number of rotatable bonds is 8. The average Bonchev–Trinajstić information content (AvgIpc) is 3.27. The molecule has 0 aliphatic carbocycles. The fraction of sp³-hybridized carbons (Fsp3) is 0.174. The Kier molecular flexibility index (Phi) is 7.78. The summed E-state index contributed by atoms with van der Waals surface area (Å²) in [5.41, 5.74) is 1.98. The summed E-state index contributed by atoms with van der Waals surface area (Å²) in [6.07, 6.45) is -0.419. The summed E-state index contributed by atoms with van der Waals surface area (Å²) in [5.74, 6) is -0.0321. The number of anilines is 1. The molecule has 0 saturated carbocycles. The number of thiophene rings is 1. The quantitative estimate of drug-likeness (QED) is 0.402. The summed E-state index contributed by atoms with van der Waals surface area (Å²) >= 11 is 1.56. The molecule has 0 atom stereocenters. The van der Waals surface area contributed by atoms with Crippen LogP contribution in [0.1, 0.15) is 27.7 Å². The maximum Gasteiger partial charge on any atom is 0.513 e. The summed E-state index contributed by atoms with van der Waals surface area (Å²) in [6, 6.07) is 17.3. The van der Waals surface area contributed by atoms with E-state index in [0.29, 0.717) is 30.0 Å². The molecule has 1 heterocycles. The van der Waals surface area contributed by atoms with Crippen molar-refractivity contribution in [2.24, 2.45) is 0 Å². The zero-order valence-electron chi connectivity index (χ0n) is 16.9. The summed E-state index contributed by atoms with van der Waals surface area (Å²) in [4.78, 5) is 36.7. The van der Waals surface area contributed by atoms with Crippen molar-refractivity contribution >= 4 is 35.0 Å². The van der Waals surface area contributed by atoms with E-state index in [1.807, 2.05) is 29.6 Å². The van der Waals surface area contributed by atoms with Gasteiger partial charge in [-0.25, -0.2) is 4.79 Å². The van der Waals surface area contributed by atoms with Gasteiger partial charge in [-0.15, -0.1) is 11.3 Å². The molecule has 160 valence electrons. The van der Waals surface area contributed by atoms with Crippen molar-refractivity contribution in [1.82, 2.24) is 5.32 Å². The molecule has 0 spiro atoms. The molecular weight excluding hydrogens is 416 g/mol. The number of nitrogens with one attached hydrogen (secondary N) is 2. The molecule has 31 heavy (non-hydrogen) atoms. The topological polar surface area (TPSA) is 93.7 Å². The molecular formula is C23H22N2O5S. The van der Waals surface area contributed by atoms with Crippen molar-refractivity contribution in [3.05, 3.63) is 82.0 Å². The van der Waals surface area contributed by atoms with Crippen molar-refractivity contribution < 1.29 is 23.9 Å². The fourth-order valence-corrected chi connectivity index (χ4v) is 3.37. The highest BCUT2D eigenvalue weighted by molar-refractivity contribution is 7.10. The number of hydrogen-bond donors (Lipinski definition) is 2. The van der Waals surface area contributed by atoms with Crippen molar-refractivity contribution in [3.63, 3.8) is 0 Å². The monoisotopic (exact) mass is 438 g/mol. The molecule has 0 saturated heterocycles. The predicted octanol–water partition coefficient (Wildman–Crippen LogP) is 4.39. The van der Waals surface area contributed by atoms with Crippen LogP contribution in [0.15, 0.2) is 66.0 Å². The van der Waals surface area contributed by atoms with Gasteiger partial charge in [0.05, 0.1) is 13.0 Å².